The molecule has 0 heterocycles. The lowest BCUT2D eigenvalue weighted by molar-refractivity contribution is -0.139. The minimum atomic E-state index is -1.33. The molecule has 0 rings (SSSR count). The molecular weight excluding hydrogens is 232 g/mol. The molecule has 0 aromatic rings. The van der Waals surface area contributed by atoms with Crippen LogP contribution in [-0.4, -0.2) is 40.0 Å². The number of nitrogens with one attached hydrogen (secondary N) is 1. The lowest BCUT2D eigenvalue weighted by Crippen LogP contribution is -2.41. The monoisotopic (exact) mass is 250 g/mol. The van der Waals surface area contributed by atoms with Gasteiger partial charge in [-0.25, -0.2) is 9.59 Å². The summed E-state index contributed by atoms with van der Waals surface area (Å²) in [6, 6.07) is -0.935. The number of hydrogen-bond donors (Lipinski definition) is 4. The Morgan fingerprint density at radius 2 is 1.59 bits per heavy atom. The number of nitrogens with two attached hydrogens (primary N) is 1. The summed E-state index contributed by atoms with van der Waals surface area (Å²) in [6.07, 6.45) is -2.05. The van der Waals surface area contributed by atoms with Gasteiger partial charge in [0.2, 0.25) is 0 Å². The van der Waals surface area contributed by atoms with Gasteiger partial charge >= 0.3 is 18.2 Å². The van der Waals surface area contributed by atoms with Crippen molar-refractivity contribution in [1.29, 1.82) is 0 Å². The Hall–Kier alpha value is -1.99. The van der Waals surface area contributed by atoms with Crippen LogP contribution < -0.4 is 11.1 Å². The van der Waals surface area contributed by atoms with Crippen LogP contribution in [0.4, 0.5) is 9.59 Å². The average molecular weight is 250 g/mol. The smallest absolute Gasteiger partial charge is 0.408 e. The van der Waals surface area contributed by atoms with Crippen LogP contribution in [-0.2, 0) is 9.53 Å². The predicted octanol–water partition coefficient (Wildman–Crippen LogP) is 0.607. The molecule has 0 saturated carbocycles. The summed E-state index contributed by atoms with van der Waals surface area (Å²) in [5.74, 6) is -1.09. The van der Waals surface area contributed by atoms with Crippen LogP contribution in [0.3, 0.4) is 0 Å². The summed E-state index contributed by atoms with van der Waals surface area (Å²) in [5, 5.41) is 17.8. The van der Waals surface area contributed by atoms with E-state index in [1.54, 1.807) is 20.8 Å². The number of ether oxygens (including phenoxy) is 1. The van der Waals surface area contributed by atoms with Crippen LogP contribution in [0.25, 0.3) is 0 Å². The van der Waals surface area contributed by atoms with Crippen molar-refractivity contribution < 1.29 is 29.3 Å². The fourth-order valence-electron chi connectivity index (χ4n) is 0.546. The van der Waals surface area contributed by atoms with Gasteiger partial charge in [-0.2, -0.15) is 0 Å². The minimum absolute atomic E-state index is 0.609. The highest BCUT2D eigenvalue weighted by atomic mass is 16.6. The van der Waals surface area contributed by atoms with E-state index in [1.807, 2.05) is 0 Å². The molecule has 0 radical (unpaired) electrons. The maximum atomic E-state index is 11.0. The third-order valence-corrected chi connectivity index (χ3v) is 1.10. The molecule has 0 aromatic carbocycles. The molecular formula is C9H18N2O6. The van der Waals surface area contributed by atoms with Gasteiger partial charge in [-0.15, -0.1) is 0 Å². The lowest BCUT2D eigenvalue weighted by Gasteiger charge is -2.20. The number of aliphatic carboxylic acids is 1. The van der Waals surface area contributed by atoms with E-state index in [4.69, 9.17) is 19.7 Å². The molecule has 0 aliphatic rings. The summed E-state index contributed by atoms with van der Waals surface area (Å²) in [6.45, 7) is 6.49. The molecule has 100 valence electrons. The first-order chi connectivity index (χ1) is 7.45. The number of primary amides is 1. The molecule has 17 heavy (non-hydrogen) atoms. The average Bonchev–Trinajstić information content (AvgIpc) is 1.97. The van der Waals surface area contributed by atoms with E-state index in [9.17, 15) is 9.59 Å². The maximum Gasteiger partial charge on any atom is 0.408 e. The van der Waals surface area contributed by atoms with E-state index in [0.717, 1.165) is 0 Å². The van der Waals surface area contributed by atoms with Gasteiger partial charge in [0.25, 0.3) is 0 Å². The van der Waals surface area contributed by atoms with Crippen molar-refractivity contribution in [1.82, 2.24) is 5.32 Å². The number of amides is 2. The third kappa shape index (κ3) is 16.7. The normalized spacial score (nSPS) is 11.5. The third-order valence-electron chi connectivity index (χ3n) is 1.10. The molecule has 0 saturated heterocycles. The quantitative estimate of drug-likeness (QED) is 0.566. The zero-order chi connectivity index (χ0) is 14.2. The fourth-order valence-corrected chi connectivity index (χ4v) is 0.546. The Morgan fingerprint density at radius 1 is 1.24 bits per heavy atom. The zero-order valence-corrected chi connectivity index (χ0v) is 10.2. The van der Waals surface area contributed by atoms with Gasteiger partial charge in [-0.05, 0) is 27.7 Å². The standard InChI is InChI=1S/C8H15NO4.CH3NO2/c1-5(6(10)11)9-7(12)13-8(2,3)4;2-1(3)4/h5H,1-4H3,(H,9,12)(H,10,11);2H2,(H,3,4)/t5-;/m0./s1. The number of rotatable bonds is 2. The van der Waals surface area contributed by atoms with Gasteiger partial charge in [0, 0.05) is 0 Å². The zero-order valence-electron chi connectivity index (χ0n) is 10.2. The topological polar surface area (TPSA) is 139 Å². The molecule has 0 aromatic heterocycles. The Morgan fingerprint density at radius 3 is 1.82 bits per heavy atom. The molecule has 8 heteroatoms. The van der Waals surface area contributed by atoms with Crippen LogP contribution in [0.15, 0.2) is 0 Å². The van der Waals surface area contributed by atoms with Crippen LogP contribution in [0, 0.1) is 0 Å². The van der Waals surface area contributed by atoms with E-state index in [2.05, 4.69) is 11.1 Å². The van der Waals surface area contributed by atoms with Crippen molar-refractivity contribution >= 4 is 18.2 Å². The van der Waals surface area contributed by atoms with Crippen molar-refractivity contribution in [3.8, 4) is 0 Å². The molecule has 0 aliphatic carbocycles. The summed E-state index contributed by atoms with van der Waals surface area (Å²) >= 11 is 0. The highest BCUT2D eigenvalue weighted by Crippen LogP contribution is 2.06. The molecule has 8 nitrogen and oxygen atoms in total. The number of hydrogen-bond acceptors (Lipinski definition) is 4. The number of carboxylic acids is 1. The van der Waals surface area contributed by atoms with Crippen LogP contribution in [0.1, 0.15) is 27.7 Å². The van der Waals surface area contributed by atoms with Crippen molar-refractivity contribution in [2.24, 2.45) is 5.73 Å². The van der Waals surface area contributed by atoms with Gasteiger partial charge in [-0.1, -0.05) is 0 Å². The number of carbonyl (C=O) groups is 3. The van der Waals surface area contributed by atoms with E-state index < -0.39 is 29.8 Å². The van der Waals surface area contributed by atoms with Crippen molar-refractivity contribution in [3.05, 3.63) is 0 Å². The predicted molar refractivity (Wildman–Crippen MR) is 58.7 cm³/mol. The number of carbonyl (C=O) groups excluding carboxylic acids is 1. The van der Waals surface area contributed by atoms with Gasteiger partial charge in [0.15, 0.2) is 0 Å². The SMILES string of the molecule is C[C@H](NC(=O)OC(C)(C)C)C(=O)O.NC(=O)O. The van der Waals surface area contributed by atoms with Crippen molar-refractivity contribution in [3.63, 3.8) is 0 Å². The fraction of sp³-hybridized carbons (Fsp3) is 0.667. The summed E-state index contributed by atoms with van der Waals surface area (Å²) < 4.78 is 4.85. The second kappa shape index (κ2) is 7.31. The first kappa shape index (κ1) is 17.4. The highest BCUT2D eigenvalue weighted by molar-refractivity contribution is 5.79. The second-order valence-corrected chi connectivity index (χ2v) is 4.04. The Balaban J connectivity index is 0. The summed E-state index contributed by atoms with van der Waals surface area (Å²) in [7, 11) is 0. The summed E-state index contributed by atoms with van der Waals surface area (Å²) in [5.41, 5.74) is 3.42. The molecule has 0 bridgehead atoms. The highest BCUT2D eigenvalue weighted by Gasteiger charge is 2.20. The van der Waals surface area contributed by atoms with E-state index in [-0.39, 0.29) is 0 Å². The lowest BCUT2D eigenvalue weighted by atomic mass is 10.2. The largest absolute Gasteiger partial charge is 0.480 e. The molecule has 2 amide bonds. The molecule has 0 aliphatic heterocycles. The Labute approximate surface area is 98.7 Å². The first-order valence-electron chi connectivity index (χ1n) is 4.66. The molecule has 0 fully saturated rings. The van der Waals surface area contributed by atoms with Gasteiger partial charge < -0.3 is 26.0 Å². The van der Waals surface area contributed by atoms with E-state index in [1.165, 1.54) is 6.92 Å². The van der Waals surface area contributed by atoms with Gasteiger partial charge in [-0.3, -0.25) is 4.79 Å². The molecule has 0 unspecified atom stereocenters. The first-order valence-corrected chi connectivity index (χ1v) is 4.66. The maximum absolute atomic E-state index is 11.0. The second-order valence-electron chi connectivity index (χ2n) is 4.04. The van der Waals surface area contributed by atoms with Crippen LogP contribution in [0.5, 0.6) is 0 Å². The van der Waals surface area contributed by atoms with Crippen molar-refractivity contribution in [2.75, 3.05) is 0 Å². The minimum Gasteiger partial charge on any atom is -0.480 e. The molecule has 1 atom stereocenters. The van der Waals surface area contributed by atoms with Gasteiger partial charge in [0.05, 0.1) is 0 Å². The molecule has 0 spiro atoms. The van der Waals surface area contributed by atoms with Crippen LogP contribution >= 0.6 is 0 Å². The van der Waals surface area contributed by atoms with Gasteiger partial charge in [0.1, 0.15) is 11.6 Å². The van der Waals surface area contributed by atoms with Crippen LogP contribution in [0.2, 0.25) is 0 Å². The van der Waals surface area contributed by atoms with E-state index >= 15 is 0 Å². The number of carboxylic acid groups (broad SMARTS) is 2. The Bertz CT molecular complexity index is 280. The summed E-state index contributed by atoms with van der Waals surface area (Å²) in [4.78, 5) is 30.1. The van der Waals surface area contributed by atoms with E-state index in [0.29, 0.717) is 0 Å². The van der Waals surface area contributed by atoms with Crippen molar-refractivity contribution in [2.45, 2.75) is 39.3 Å². The molecule has 5 N–H and O–H groups in total. The Kier molecular flexibility index (Phi) is 7.49. The number of alkyl carbamates (subject to hydrolysis) is 1.